The third-order valence-corrected chi connectivity index (χ3v) is 5.43. The van der Waals surface area contributed by atoms with Gasteiger partial charge in [-0.2, -0.15) is 0 Å². The molecule has 0 aromatic carbocycles. The standard InChI is InChI=1S/C19H31N3O2/c1-15(2)18-10-19(23)22(14-20-18)12-16-5-7-21(8-6-16)11-17-4-3-9-24-13-17/h10,14-17H,3-9,11-13H2,1-2H3. The van der Waals surface area contributed by atoms with E-state index >= 15 is 0 Å². The molecule has 1 atom stereocenters. The van der Waals surface area contributed by atoms with Crippen molar-refractivity contribution in [1.82, 2.24) is 14.5 Å². The molecule has 1 unspecified atom stereocenters. The predicted octanol–water partition coefficient (Wildman–Crippen LogP) is 2.51. The van der Waals surface area contributed by atoms with Crippen molar-refractivity contribution in [3.63, 3.8) is 0 Å². The van der Waals surface area contributed by atoms with E-state index in [4.69, 9.17) is 4.74 Å². The predicted molar refractivity (Wildman–Crippen MR) is 95.3 cm³/mol. The van der Waals surface area contributed by atoms with E-state index in [0.717, 1.165) is 38.5 Å². The number of likely N-dealkylation sites (tertiary alicyclic amines) is 1. The van der Waals surface area contributed by atoms with E-state index in [-0.39, 0.29) is 5.56 Å². The molecule has 2 saturated heterocycles. The highest BCUT2D eigenvalue weighted by molar-refractivity contribution is 5.04. The molecular formula is C19H31N3O2. The summed E-state index contributed by atoms with van der Waals surface area (Å²) in [7, 11) is 0. The third kappa shape index (κ3) is 4.67. The van der Waals surface area contributed by atoms with Crippen molar-refractivity contribution in [1.29, 1.82) is 0 Å². The van der Waals surface area contributed by atoms with Crippen molar-refractivity contribution in [2.24, 2.45) is 11.8 Å². The Bertz CT molecular complexity index is 570. The van der Waals surface area contributed by atoms with Gasteiger partial charge in [0.15, 0.2) is 0 Å². The summed E-state index contributed by atoms with van der Waals surface area (Å²) in [6.07, 6.45) is 6.61. The Hall–Kier alpha value is -1.20. The van der Waals surface area contributed by atoms with Crippen LogP contribution in [0, 0.1) is 11.8 Å². The second-order valence-corrected chi connectivity index (χ2v) is 7.79. The van der Waals surface area contributed by atoms with Crippen LogP contribution in [0.25, 0.3) is 0 Å². The summed E-state index contributed by atoms with van der Waals surface area (Å²) in [5, 5.41) is 0. The first-order valence-electron chi connectivity index (χ1n) is 9.48. The summed E-state index contributed by atoms with van der Waals surface area (Å²) in [5.41, 5.74) is 0.983. The van der Waals surface area contributed by atoms with Gasteiger partial charge in [0.2, 0.25) is 0 Å². The molecule has 5 heteroatoms. The number of nitrogens with zero attached hydrogens (tertiary/aromatic N) is 3. The van der Waals surface area contributed by atoms with E-state index in [9.17, 15) is 4.79 Å². The average Bonchev–Trinajstić information content (AvgIpc) is 2.59. The Morgan fingerprint density at radius 1 is 1.21 bits per heavy atom. The van der Waals surface area contributed by atoms with Gasteiger partial charge in [0.1, 0.15) is 0 Å². The van der Waals surface area contributed by atoms with Crippen LogP contribution in [0.3, 0.4) is 0 Å². The van der Waals surface area contributed by atoms with Crippen molar-refractivity contribution in [2.45, 2.75) is 52.0 Å². The highest BCUT2D eigenvalue weighted by Gasteiger charge is 2.23. The molecule has 0 amide bonds. The Labute approximate surface area is 145 Å². The largest absolute Gasteiger partial charge is 0.381 e. The number of piperidine rings is 1. The normalized spacial score (nSPS) is 23.7. The van der Waals surface area contributed by atoms with Crippen molar-refractivity contribution in [3.05, 3.63) is 28.4 Å². The van der Waals surface area contributed by atoms with Gasteiger partial charge in [-0.25, -0.2) is 4.98 Å². The number of aromatic nitrogens is 2. The zero-order valence-corrected chi connectivity index (χ0v) is 15.1. The smallest absolute Gasteiger partial charge is 0.253 e. The maximum Gasteiger partial charge on any atom is 0.253 e. The van der Waals surface area contributed by atoms with Crippen LogP contribution in [0.4, 0.5) is 0 Å². The van der Waals surface area contributed by atoms with Gasteiger partial charge in [0, 0.05) is 25.8 Å². The van der Waals surface area contributed by atoms with Crippen LogP contribution in [-0.4, -0.2) is 47.3 Å². The lowest BCUT2D eigenvalue weighted by molar-refractivity contribution is 0.0320. The van der Waals surface area contributed by atoms with Crippen molar-refractivity contribution in [3.8, 4) is 0 Å². The molecule has 2 aliphatic heterocycles. The quantitative estimate of drug-likeness (QED) is 0.831. The Morgan fingerprint density at radius 3 is 2.62 bits per heavy atom. The highest BCUT2D eigenvalue weighted by Crippen LogP contribution is 2.22. The topological polar surface area (TPSA) is 47.4 Å². The first kappa shape index (κ1) is 17.6. The van der Waals surface area contributed by atoms with Gasteiger partial charge in [-0.3, -0.25) is 9.36 Å². The molecule has 0 spiro atoms. The van der Waals surface area contributed by atoms with E-state index < -0.39 is 0 Å². The van der Waals surface area contributed by atoms with Gasteiger partial charge in [0.25, 0.3) is 5.56 Å². The second-order valence-electron chi connectivity index (χ2n) is 7.79. The zero-order valence-electron chi connectivity index (χ0n) is 15.1. The van der Waals surface area contributed by atoms with Gasteiger partial charge in [-0.05, 0) is 56.5 Å². The lowest BCUT2D eigenvalue weighted by Crippen LogP contribution is -2.40. The second kappa shape index (κ2) is 8.26. The van der Waals surface area contributed by atoms with Crippen LogP contribution in [0.2, 0.25) is 0 Å². The average molecular weight is 333 g/mol. The minimum absolute atomic E-state index is 0.0930. The van der Waals surface area contributed by atoms with Gasteiger partial charge in [-0.15, -0.1) is 0 Å². The maximum absolute atomic E-state index is 12.2. The van der Waals surface area contributed by atoms with Crippen molar-refractivity contribution >= 4 is 0 Å². The van der Waals surface area contributed by atoms with Gasteiger partial charge >= 0.3 is 0 Å². The SMILES string of the molecule is CC(C)c1cc(=O)n(CC2CCN(CC3CCCOC3)CC2)cn1. The molecule has 24 heavy (non-hydrogen) atoms. The minimum Gasteiger partial charge on any atom is -0.381 e. The molecule has 1 aromatic heterocycles. The first-order chi connectivity index (χ1) is 11.6. The highest BCUT2D eigenvalue weighted by atomic mass is 16.5. The summed E-state index contributed by atoms with van der Waals surface area (Å²) < 4.78 is 7.38. The van der Waals surface area contributed by atoms with Crippen LogP contribution < -0.4 is 5.56 Å². The maximum atomic E-state index is 12.2. The molecular weight excluding hydrogens is 302 g/mol. The van der Waals surface area contributed by atoms with E-state index in [0.29, 0.717) is 17.8 Å². The monoisotopic (exact) mass is 333 g/mol. The van der Waals surface area contributed by atoms with Crippen LogP contribution in [0.15, 0.2) is 17.2 Å². The van der Waals surface area contributed by atoms with Crippen LogP contribution in [-0.2, 0) is 11.3 Å². The number of hydrogen-bond donors (Lipinski definition) is 0. The molecule has 134 valence electrons. The fourth-order valence-corrected chi connectivity index (χ4v) is 3.84. The van der Waals surface area contributed by atoms with E-state index in [1.54, 1.807) is 17.0 Å². The molecule has 3 rings (SSSR count). The van der Waals surface area contributed by atoms with Gasteiger partial charge in [0.05, 0.1) is 18.6 Å². The molecule has 2 fully saturated rings. The van der Waals surface area contributed by atoms with Crippen molar-refractivity contribution < 1.29 is 4.74 Å². The molecule has 3 heterocycles. The lowest BCUT2D eigenvalue weighted by Gasteiger charge is -2.35. The molecule has 1 aromatic rings. The minimum atomic E-state index is 0.0930. The number of ether oxygens (including phenoxy) is 1. The summed E-state index contributed by atoms with van der Waals surface area (Å²) in [5.74, 6) is 1.61. The van der Waals surface area contributed by atoms with Gasteiger partial charge in [-0.1, -0.05) is 13.8 Å². The summed E-state index contributed by atoms with van der Waals surface area (Å²) >= 11 is 0. The Balaban J connectivity index is 1.47. The lowest BCUT2D eigenvalue weighted by atomic mass is 9.94. The van der Waals surface area contributed by atoms with E-state index in [2.05, 4.69) is 23.7 Å². The van der Waals surface area contributed by atoms with Crippen LogP contribution in [0.5, 0.6) is 0 Å². The molecule has 0 aliphatic carbocycles. The molecule has 0 saturated carbocycles. The fraction of sp³-hybridized carbons (Fsp3) is 0.789. The first-order valence-corrected chi connectivity index (χ1v) is 9.48. The Morgan fingerprint density at radius 2 is 2.00 bits per heavy atom. The fourth-order valence-electron chi connectivity index (χ4n) is 3.84. The van der Waals surface area contributed by atoms with Crippen LogP contribution in [0.1, 0.15) is 51.1 Å². The summed E-state index contributed by atoms with van der Waals surface area (Å²) in [6, 6.07) is 1.70. The Kier molecular flexibility index (Phi) is 6.06. The molecule has 0 radical (unpaired) electrons. The summed E-state index contributed by atoms with van der Waals surface area (Å²) in [4.78, 5) is 19.3. The zero-order chi connectivity index (χ0) is 16.9. The van der Waals surface area contributed by atoms with Gasteiger partial charge < -0.3 is 9.64 Å². The van der Waals surface area contributed by atoms with Crippen LogP contribution >= 0.6 is 0 Å². The summed E-state index contributed by atoms with van der Waals surface area (Å²) in [6.45, 7) is 10.3. The molecule has 0 N–H and O–H groups in total. The van der Waals surface area contributed by atoms with Crippen molar-refractivity contribution in [2.75, 3.05) is 32.8 Å². The molecule has 0 bridgehead atoms. The van der Waals surface area contributed by atoms with E-state index in [1.807, 2.05) is 0 Å². The number of rotatable bonds is 5. The van der Waals surface area contributed by atoms with E-state index in [1.165, 1.54) is 32.2 Å². The third-order valence-electron chi connectivity index (χ3n) is 5.43. The molecule has 5 nitrogen and oxygen atoms in total. The molecule has 2 aliphatic rings. The number of hydrogen-bond acceptors (Lipinski definition) is 4.